The maximum Gasteiger partial charge on any atom is 0.258 e. The standard InChI is InChI=1S/C19H18N2O4/c1-23-17-7-15-16(20-9-14-11-24-12-21(14)19(15)22)8-18(17)25-10-13-5-3-2-4-6-13/h2-9,14H,10-12H2,1H3/t14-/m1/s1. The van der Waals surface area contributed by atoms with Crippen molar-refractivity contribution in [2.75, 3.05) is 20.4 Å². The quantitative estimate of drug-likeness (QED) is 0.860. The molecule has 1 atom stereocenters. The van der Waals surface area contributed by atoms with Gasteiger partial charge in [-0.25, -0.2) is 0 Å². The maximum absolute atomic E-state index is 12.7. The summed E-state index contributed by atoms with van der Waals surface area (Å²) in [4.78, 5) is 18.9. The average Bonchev–Trinajstić information content (AvgIpc) is 3.08. The number of nitrogens with zero attached hydrogens (tertiary/aromatic N) is 2. The van der Waals surface area contributed by atoms with Crippen molar-refractivity contribution in [1.82, 2.24) is 4.90 Å². The van der Waals surface area contributed by atoms with Crippen molar-refractivity contribution >= 4 is 17.8 Å². The van der Waals surface area contributed by atoms with Gasteiger partial charge in [-0.1, -0.05) is 30.3 Å². The van der Waals surface area contributed by atoms with Crippen molar-refractivity contribution < 1.29 is 19.0 Å². The zero-order valence-corrected chi connectivity index (χ0v) is 13.8. The van der Waals surface area contributed by atoms with Crippen LogP contribution in [0.25, 0.3) is 0 Å². The monoisotopic (exact) mass is 338 g/mol. The Morgan fingerprint density at radius 2 is 2.08 bits per heavy atom. The van der Waals surface area contributed by atoms with E-state index in [-0.39, 0.29) is 18.7 Å². The van der Waals surface area contributed by atoms with E-state index in [9.17, 15) is 4.79 Å². The summed E-state index contributed by atoms with van der Waals surface area (Å²) >= 11 is 0. The third-order valence-corrected chi connectivity index (χ3v) is 4.32. The summed E-state index contributed by atoms with van der Waals surface area (Å²) in [6.45, 7) is 1.16. The van der Waals surface area contributed by atoms with Gasteiger partial charge in [0.2, 0.25) is 0 Å². The highest BCUT2D eigenvalue weighted by molar-refractivity contribution is 6.03. The molecule has 6 heteroatoms. The number of rotatable bonds is 4. The van der Waals surface area contributed by atoms with E-state index in [1.54, 1.807) is 30.4 Å². The molecule has 0 bridgehead atoms. The van der Waals surface area contributed by atoms with Gasteiger partial charge in [0.05, 0.1) is 31.0 Å². The van der Waals surface area contributed by atoms with E-state index in [4.69, 9.17) is 14.2 Å². The SMILES string of the molecule is COc1cc2c(cc1OCc1ccccc1)N=C[C@@H]1COCN1C2=O. The van der Waals surface area contributed by atoms with Crippen molar-refractivity contribution in [2.45, 2.75) is 12.6 Å². The molecule has 4 rings (SSSR count). The Kier molecular flexibility index (Phi) is 4.11. The molecule has 0 radical (unpaired) electrons. The van der Waals surface area contributed by atoms with Crippen LogP contribution in [0.2, 0.25) is 0 Å². The molecule has 0 aromatic heterocycles. The van der Waals surface area contributed by atoms with Crippen LogP contribution in [0.3, 0.4) is 0 Å². The molecule has 25 heavy (non-hydrogen) atoms. The Morgan fingerprint density at radius 1 is 1.24 bits per heavy atom. The lowest BCUT2D eigenvalue weighted by Crippen LogP contribution is -2.36. The number of carbonyl (C=O) groups excluding carboxylic acids is 1. The second-order valence-electron chi connectivity index (χ2n) is 5.91. The van der Waals surface area contributed by atoms with Crippen LogP contribution in [0.15, 0.2) is 47.5 Å². The van der Waals surface area contributed by atoms with Gasteiger partial charge in [0.1, 0.15) is 13.3 Å². The topological polar surface area (TPSA) is 60.4 Å². The molecular weight excluding hydrogens is 320 g/mol. The van der Waals surface area contributed by atoms with E-state index in [1.807, 2.05) is 30.3 Å². The maximum atomic E-state index is 12.7. The number of fused-ring (bicyclic) bond motifs is 2. The lowest BCUT2D eigenvalue weighted by atomic mass is 10.1. The molecule has 0 aliphatic carbocycles. The van der Waals surface area contributed by atoms with Crippen LogP contribution >= 0.6 is 0 Å². The van der Waals surface area contributed by atoms with Crippen molar-refractivity contribution in [1.29, 1.82) is 0 Å². The molecule has 0 saturated carbocycles. The highest BCUT2D eigenvalue weighted by atomic mass is 16.5. The van der Waals surface area contributed by atoms with Crippen LogP contribution < -0.4 is 9.47 Å². The normalized spacial score (nSPS) is 18.5. The van der Waals surface area contributed by atoms with E-state index < -0.39 is 0 Å². The first kappa shape index (κ1) is 15.7. The zero-order valence-electron chi connectivity index (χ0n) is 13.8. The predicted octanol–water partition coefficient (Wildman–Crippen LogP) is 2.79. The van der Waals surface area contributed by atoms with Crippen molar-refractivity contribution in [3.8, 4) is 11.5 Å². The Hall–Kier alpha value is -2.86. The first-order chi connectivity index (χ1) is 12.3. The lowest BCUT2D eigenvalue weighted by molar-refractivity contribution is 0.0684. The number of amides is 1. The number of aliphatic imine (C=N–C) groups is 1. The van der Waals surface area contributed by atoms with E-state index in [0.29, 0.717) is 36.0 Å². The molecule has 6 nitrogen and oxygen atoms in total. The smallest absolute Gasteiger partial charge is 0.258 e. The van der Waals surface area contributed by atoms with E-state index in [2.05, 4.69) is 4.99 Å². The largest absolute Gasteiger partial charge is 0.493 e. The number of hydrogen-bond donors (Lipinski definition) is 0. The Bertz CT molecular complexity index is 820. The third-order valence-electron chi connectivity index (χ3n) is 4.32. The molecule has 2 aromatic carbocycles. The molecule has 0 spiro atoms. The van der Waals surface area contributed by atoms with E-state index >= 15 is 0 Å². The number of methoxy groups -OCH3 is 1. The molecule has 1 saturated heterocycles. The number of hydrogen-bond acceptors (Lipinski definition) is 5. The summed E-state index contributed by atoms with van der Waals surface area (Å²) < 4.78 is 16.7. The second kappa shape index (κ2) is 6.57. The van der Waals surface area contributed by atoms with Crippen LogP contribution in [0, 0.1) is 0 Å². The molecule has 2 heterocycles. The van der Waals surface area contributed by atoms with Gasteiger partial charge in [-0.05, 0) is 11.6 Å². The molecular formula is C19H18N2O4. The number of carbonyl (C=O) groups is 1. The van der Waals surface area contributed by atoms with Crippen LogP contribution in [0.1, 0.15) is 15.9 Å². The van der Waals surface area contributed by atoms with Gasteiger partial charge in [0, 0.05) is 12.3 Å². The van der Waals surface area contributed by atoms with Gasteiger partial charge < -0.3 is 19.1 Å². The molecule has 0 N–H and O–H groups in total. The average molecular weight is 338 g/mol. The summed E-state index contributed by atoms with van der Waals surface area (Å²) in [6.07, 6.45) is 1.75. The molecule has 1 amide bonds. The zero-order chi connectivity index (χ0) is 17.2. The van der Waals surface area contributed by atoms with E-state index in [0.717, 1.165) is 5.56 Å². The summed E-state index contributed by atoms with van der Waals surface area (Å²) in [6, 6.07) is 13.2. The first-order valence-corrected chi connectivity index (χ1v) is 8.08. The van der Waals surface area contributed by atoms with Crippen LogP contribution in [-0.4, -0.2) is 43.5 Å². The highest BCUT2D eigenvalue weighted by Gasteiger charge is 2.33. The Morgan fingerprint density at radius 3 is 2.88 bits per heavy atom. The Balaban J connectivity index is 1.65. The van der Waals surface area contributed by atoms with Gasteiger partial charge in [-0.2, -0.15) is 0 Å². The van der Waals surface area contributed by atoms with E-state index in [1.165, 1.54) is 0 Å². The molecule has 128 valence electrons. The summed E-state index contributed by atoms with van der Waals surface area (Å²) in [5, 5.41) is 0. The minimum atomic E-state index is -0.125. The molecule has 2 aliphatic heterocycles. The van der Waals surface area contributed by atoms with Gasteiger partial charge >= 0.3 is 0 Å². The molecule has 2 aliphatic rings. The molecule has 1 fully saturated rings. The van der Waals surface area contributed by atoms with Gasteiger partial charge in [-0.15, -0.1) is 0 Å². The van der Waals surface area contributed by atoms with Crippen LogP contribution in [0.4, 0.5) is 5.69 Å². The van der Waals surface area contributed by atoms with Gasteiger partial charge in [0.25, 0.3) is 5.91 Å². The van der Waals surface area contributed by atoms with Crippen molar-refractivity contribution in [3.05, 3.63) is 53.6 Å². The lowest BCUT2D eigenvalue weighted by Gasteiger charge is -2.18. The highest BCUT2D eigenvalue weighted by Crippen LogP contribution is 2.37. The number of benzene rings is 2. The summed E-state index contributed by atoms with van der Waals surface area (Å²) in [7, 11) is 1.56. The minimum Gasteiger partial charge on any atom is -0.493 e. The Labute approximate surface area is 145 Å². The van der Waals surface area contributed by atoms with Gasteiger partial charge in [-0.3, -0.25) is 9.79 Å². The fourth-order valence-electron chi connectivity index (χ4n) is 2.95. The first-order valence-electron chi connectivity index (χ1n) is 8.08. The second-order valence-corrected chi connectivity index (χ2v) is 5.91. The number of ether oxygens (including phenoxy) is 3. The fourth-order valence-corrected chi connectivity index (χ4v) is 2.95. The third kappa shape index (κ3) is 2.96. The van der Waals surface area contributed by atoms with Crippen LogP contribution in [0.5, 0.6) is 11.5 Å². The summed E-state index contributed by atoms with van der Waals surface area (Å²) in [5.41, 5.74) is 2.13. The predicted molar refractivity (Wildman–Crippen MR) is 92.7 cm³/mol. The fraction of sp³-hybridized carbons (Fsp3) is 0.263. The van der Waals surface area contributed by atoms with Gasteiger partial charge in [0.15, 0.2) is 11.5 Å². The van der Waals surface area contributed by atoms with Crippen molar-refractivity contribution in [3.63, 3.8) is 0 Å². The van der Waals surface area contributed by atoms with Crippen LogP contribution in [-0.2, 0) is 11.3 Å². The minimum absolute atomic E-state index is 0.108. The molecule has 2 aromatic rings. The molecule has 0 unspecified atom stereocenters. The van der Waals surface area contributed by atoms with Crippen molar-refractivity contribution in [2.24, 2.45) is 4.99 Å². The summed E-state index contributed by atoms with van der Waals surface area (Å²) in [5.74, 6) is 0.966.